The van der Waals surface area contributed by atoms with Crippen LogP contribution in [0.4, 0.5) is 5.69 Å². The Morgan fingerprint density at radius 1 is 1.26 bits per heavy atom. The molecule has 2 aliphatic rings. The standard InChI is InChI=1S/C16H23BrN2/c1-3-18-12-9-13-5-6-14(10-12)19(13)16-8-11(2)4-7-15(16)17/h4,7-8,12-14,18H,3,5-6,9-10H2,1-2H3. The maximum absolute atomic E-state index is 3.74. The molecule has 2 heterocycles. The molecule has 0 aliphatic carbocycles. The van der Waals surface area contributed by atoms with Crippen molar-refractivity contribution >= 4 is 21.6 Å². The van der Waals surface area contributed by atoms with Crippen LogP contribution in [0.15, 0.2) is 22.7 Å². The number of rotatable bonds is 3. The van der Waals surface area contributed by atoms with E-state index in [2.05, 4.69) is 58.2 Å². The average Bonchev–Trinajstić information content (AvgIpc) is 2.64. The molecule has 0 amide bonds. The SMILES string of the molecule is CCNC1CC2CCC(C1)N2c1cc(C)ccc1Br. The monoisotopic (exact) mass is 322 g/mol. The Kier molecular flexibility index (Phi) is 3.86. The fourth-order valence-corrected chi connectivity index (χ4v) is 4.30. The molecule has 0 aromatic heterocycles. The molecule has 2 fully saturated rings. The van der Waals surface area contributed by atoms with Crippen LogP contribution in [0.1, 0.15) is 38.2 Å². The minimum atomic E-state index is 0.723. The van der Waals surface area contributed by atoms with Crippen LogP contribution in [-0.2, 0) is 0 Å². The Morgan fingerprint density at radius 2 is 1.95 bits per heavy atom. The third-order valence-electron chi connectivity index (χ3n) is 4.61. The molecule has 0 spiro atoms. The summed E-state index contributed by atoms with van der Waals surface area (Å²) in [6.07, 6.45) is 5.30. The summed E-state index contributed by atoms with van der Waals surface area (Å²) in [5, 5.41) is 3.64. The molecular formula is C16H23BrN2. The smallest absolute Gasteiger partial charge is 0.0518 e. The van der Waals surface area contributed by atoms with Gasteiger partial charge in [-0.2, -0.15) is 0 Å². The molecule has 2 nitrogen and oxygen atoms in total. The Balaban J connectivity index is 1.85. The maximum Gasteiger partial charge on any atom is 0.0518 e. The third-order valence-corrected chi connectivity index (χ3v) is 5.28. The van der Waals surface area contributed by atoms with Crippen LogP contribution in [-0.4, -0.2) is 24.7 Å². The van der Waals surface area contributed by atoms with Crippen LogP contribution >= 0.6 is 15.9 Å². The van der Waals surface area contributed by atoms with E-state index in [1.807, 2.05) is 0 Å². The van der Waals surface area contributed by atoms with Gasteiger partial charge in [0.15, 0.2) is 0 Å². The van der Waals surface area contributed by atoms with Gasteiger partial charge in [0.1, 0.15) is 0 Å². The van der Waals surface area contributed by atoms with E-state index in [4.69, 9.17) is 0 Å². The van der Waals surface area contributed by atoms with Gasteiger partial charge in [-0.25, -0.2) is 0 Å². The number of benzene rings is 1. The molecule has 104 valence electrons. The topological polar surface area (TPSA) is 15.3 Å². The molecule has 0 radical (unpaired) electrons. The second-order valence-corrected chi connectivity index (χ2v) is 6.83. The van der Waals surface area contributed by atoms with Crippen molar-refractivity contribution < 1.29 is 0 Å². The molecule has 2 bridgehead atoms. The summed E-state index contributed by atoms with van der Waals surface area (Å²) >= 11 is 3.74. The number of halogens is 1. The van der Waals surface area contributed by atoms with Crippen molar-refractivity contribution in [1.29, 1.82) is 0 Å². The lowest BCUT2D eigenvalue weighted by molar-refractivity contribution is 0.361. The number of fused-ring (bicyclic) bond motifs is 2. The van der Waals surface area contributed by atoms with Crippen molar-refractivity contribution in [2.45, 2.75) is 57.7 Å². The fourth-order valence-electron chi connectivity index (χ4n) is 3.85. The second-order valence-electron chi connectivity index (χ2n) is 5.97. The molecule has 3 heteroatoms. The van der Waals surface area contributed by atoms with Crippen LogP contribution in [0.3, 0.4) is 0 Å². The summed E-state index contributed by atoms with van der Waals surface area (Å²) in [4.78, 5) is 2.69. The Bertz CT molecular complexity index is 446. The first kappa shape index (κ1) is 13.4. The molecular weight excluding hydrogens is 300 g/mol. The largest absolute Gasteiger partial charge is 0.365 e. The van der Waals surface area contributed by atoms with E-state index in [1.54, 1.807) is 0 Å². The molecule has 2 aliphatic heterocycles. The van der Waals surface area contributed by atoms with Crippen molar-refractivity contribution in [3.63, 3.8) is 0 Å². The molecule has 1 aromatic carbocycles. The van der Waals surface area contributed by atoms with Crippen molar-refractivity contribution in [3.8, 4) is 0 Å². The van der Waals surface area contributed by atoms with Crippen LogP contribution < -0.4 is 10.2 Å². The van der Waals surface area contributed by atoms with Gasteiger partial charge in [-0.1, -0.05) is 13.0 Å². The predicted octanol–water partition coefficient (Wildman–Crippen LogP) is 3.87. The van der Waals surface area contributed by atoms with Gasteiger partial charge in [-0.3, -0.25) is 0 Å². The van der Waals surface area contributed by atoms with E-state index in [1.165, 1.54) is 41.4 Å². The zero-order valence-electron chi connectivity index (χ0n) is 11.8. The molecule has 3 rings (SSSR count). The summed E-state index contributed by atoms with van der Waals surface area (Å²) in [5.74, 6) is 0. The molecule has 2 unspecified atom stereocenters. The van der Waals surface area contributed by atoms with Crippen molar-refractivity contribution in [2.75, 3.05) is 11.4 Å². The lowest BCUT2D eigenvalue weighted by Crippen LogP contribution is -2.49. The predicted molar refractivity (Wildman–Crippen MR) is 84.9 cm³/mol. The van der Waals surface area contributed by atoms with Gasteiger partial charge in [-0.15, -0.1) is 0 Å². The first-order chi connectivity index (χ1) is 9.19. The summed E-state index contributed by atoms with van der Waals surface area (Å²) in [5.41, 5.74) is 2.76. The minimum Gasteiger partial charge on any atom is -0.365 e. The lowest BCUT2D eigenvalue weighted by atomic mass is 9.96. The highest BCUT2D eigenvalue weighted by Crippen LogP contribution is 2.42. The first-order valence-corrected chi connectivity index (χ1v) is 8.26. The number of hydrogen-bond donors (Lipinski definition) is 1. The normalized spacial score (nSPS) is 29.8. The number of anilines is 1. The number of piperidine rings is 1. The zero-order chi connectivity index (χ0) is 13.4. The number of hydrogen-bond acceptors (Lipinski definition) is 2. The summed E-state index contributed by atoms with van der Waals surface area (Å²) in [7, 11) is 0. The van der Waals surface area contributed by atoms with E-state index < -0.39 is 0 Å². The number of nitrogens with one attached hydrogen (secondary N) is 1. The fraction of sp³-hybridized carbons (Fsp3) is 0.625. The van der Waals surface area contributed by atoms with Crippen molar-refractivity contribution in [3.05, 3.63) is 28.2 Å². The highest BCUT2D eigenvalue weighted by atomic mass is 79.9. The Morgan fingerprint density at radius 3 is 2.58 bits per heavy atom. The maximum atomic E-state index is 3.74. The molecule has 1 N–H and O–H groups in total. The van der Waals surface area contributed by atoms with Gasteiger partial charge >= 0.3 is 0 Å². The van der Waals surface area contributed by atoms with Gasteiger partial charge in [0, 0.05) is 22.6 Å². The van der Waals surface area contributed by atoms with Gasteiger partial charge in [0.05, 0.1) is 5.69 Å². The summed E-state index contributed by atoms with van der Waals surface area (Å²) < 4.78 is 1.25. The first-order valence-electron chi connectivity index (χ1n) is 7.47. The molecule has 19 heavy (non-hydrogen) atoms. The quantitative estimate of drug-likeness (QED) is 0.908. The van der Waals surface area contributed by atoms with Gasteiger partial charge in [0.2, 0.25) is 0 Å². The highest BCUT2D eigenvalue weighted by molar-refractivity contribution is 9.10. The van der Waals surface area contributed by atoms with Crippen molar-refractivity contribution in [2.24, 2.45) is 0 Å². The van der Waals surface area contributed by atoms with E-state index >= 15 is 0 Å². The highest BCUT2D eigenvalue weighted by Gasteiger charge is 2.40. The second kappa shape index (κ2) is 5.45. The molecule has 0 saturated carbocycles. The zero-order valence-corrected chi connectivity index (χ0v) is 13.4. The van der Waals surface area contributed by atoms with Crippen LogP contribution in [0.25, 0.3) is 0 Å². The third kappa shape index (κ3) is 2.55. The Labute approximate surface area is 124 Å². The van der Waals surface area contributed by atoms with E-state index in [0.717, 1.165) is 24.7 Å². The van der Waals surface area contributed by atoms with E-state index in [9.17, 15) is 0 Å². The van der Waals surface area contributed by atoms with Crippen LogP contribution in [0.2, 0.25) is 0 Å². The average molecular weight is 323 g/mol. The number of nitrogens with zero attached hydrogens (tertiary/aromatic N) is 1. The molecule has 1 aromatic rings. The lowest BCUT2D eigenvalue weighted by Gasteiger charge is -2.41. The molecule has 2 saturated heterocycles. The van der Waals surface area contributed by atoms with Crippen LogP contribution in [0.5, 0.6) is 0 Å². The van der Waals surface area contributed by atoms with E-state index in [0.29, 0.717) is 0 Å². The van der Waals surface area contributed by atoms with E-state index in [-0.39, 0.29) is 0 Å². The minimum absolute atomic E-state index is 0.723. The van der Waals surface area contributed by atoms with Gasteiger partial charge in [0.25, 0.3) is 0 Å². The van der Waals surface area contributed by atoms with Gasteiger partial charge in [-0.05, 0) is 72.8 Å². The Hall–Kier alpha value is -0.540. The molecule has 2 atom stereocenters. The van der Waals surface area contributed by atoms with Crippen LogP contribution in [0, 0.1) is 6.92 Å². The summed E-state index contributed by atoms with van der Waals surface area (Å²) in [6.45, 7) is 5.49. The number of aryl methyl sites for hydroxylation is 1. The van der Waals surface area contributed by atoms with Gasteiger partial charge < -0.3 is 10.2 Å². The summed E-state index contributed by atoms with van der Waals surface area (Å²) in [6, 6.07) is 8.88. The van der Waals surface area contributed by atoms with Crippen molar-refractivity contribution in [1.82, 2.24) is 5.32 Å².